The second-order valence-corrected chi connectivity index (χ2v) is 4.93. The SMILES string of the molecule is CC(C(=O)O)c1cccc2c1OC(C)(C)C2. The Bertz CT molecular complexity index is 435. The van der Waals surface area contributed by atoms with E-state index in [0.29, 0.717) is 0 Å². The zero-order valence-corrected chi connectivity index (χ0v) is 9.78. The molecule has 16 heavy (non-hydrogen) atoms. The van der Waals surface area contributed by atoms with Crippen molar-refractivity contribution in [3.8, 4) is 5.75 Å². The first kappa shape index (κ1) is 11.0. The molecule has 0 fully saturated rings. The lowest BCUT2D eigenvalue weighted by molar-refractivity contribution is -0.138. The Morgan fingerprint density at radius 2 is 2.19 bits per heavy atom. The number of aliphatic carboxylic acids is 1. The Balaban J connectivity index is 2.45. The van der Waals surface area contributed by atoms with Gasteiger partial charge in [0.15, 0.2) is 0 Å². The summed E-state index contributed by atoms with van der Waals surface area (Å²) in [6.07, 6.45) is 0.836. The summed E-state index contributed by atoms with van der Waals surface area (Å²) in [5.41, 5.74) is 1.66. The third-order valence-electron chi connectivity index (χ3n) is 2.96. The van der Waals surface area contributed by atoms with E-state index in [0.717, 1.165) is 23.3 Å². The van der Waals surface area contributed by atoms with Crippen molar-refractivity contribution in [2.45, 2.75) is 38.7 Å². The average Bonchev–Trinajstić information content (AvgIpc) is 2.49. The Morgan fingerprint density at radius 3 is 2.81 bits per heavy atom. The molecule has 1 atom stereocenters. The Kier molecular flexibility index (Phi) is 2.41. The van der Waals surface area contributed by atoms with Crippen molar-refractivity contribution in [2.75, 3.05) is 0 Å². The lowest BCUT2D eigenvalue weighted by atomic mass is 9.96. The minimum Gasteiger partial charge on any atom is -0.487 e. The molecule has 0 aliphatic carbocycles. The van der Waals surface area contributed by atoms with Crippen LogP contribution in [0.1, 0.15) is 37.8 Å². The van der Waals surface area contributed by atoms with Gasteiger partial charge in [0, 0.05) is 12.0 Å². The summed E-state index contributed by atoms with van der Waals surface area (Å²) < 4.78 is 5.83. The van der Waals surface area contributed by atoms with E-state index in [9.17, 15) is 4.79 Å². The molecule has 1 aliphatic rings. The van der Waals surface area contributed by atoms with E-state index < -0.39 is 11.9 Å². The van der Waals surface area contributed by atoms with E-state index in [-0.39, 0.29) is 5.60 Å². The number of ether oxygens (including phenoxy) is 1. The zero-order valence-electron chi connectivity index (χ0n) is 9.78. The van der Waals surface area contributed by atoms with E-state index >= 15 is 0 Å². The third-order valence-corrected chi connectivity index (χ3v) is 2.96. The topological polar surface area (TPSA) is 46.5 Å². The fourth-order valence-electron chi connectivity index (χ4n) is 2.11. The summed E-state index contributed by atoms with van der Waals surface area (Å²) in [5, 5.41) is 9.04. The summed E-state index contributed by atoms with van der Waals surface area (Å²) in [5.74, 6) is -0.576. The maximum absolute atomic E-state index is 11.0. The second-order valence-electron chi connectivity index (χ2n) is 4.93. The van der Waals surface area contributed by atoms with Gasteiger partial charge in [-0.15, -0.1) is 0 Å². The van der Waals surface area contributed by atoms with Gasteiger partial charge in [-0.25, -0.2) is 0 Å². The monoisotopic (exact) mass is 220 g/mol. The van der Waals surface area contributed by atoms with Crippen LogP contribution < -0.4 is 4.74 Å². The molecule has 1 heterocycles. The van der Waals surface area contributed by atoms with E-state index in [4.69, 9.17) is 9.84 Å². The Morgan fingerprint density at radius 1 is 1.50 bits per heavy atom. The van der Waals surface area contributed by atoms with E-state index in [1.807, 2.05) is 32.0 Å². The normalized spacial score (nSPS) is 18.7. The van der Waals surface area contributed by atoms with Crippen molar-refractivity contribution in [1.82, 2.24) is 0 Å². The number of hydrogen-bond acceptors (Lipinski definition) is 2. The summed E-state index contributed by atoms with van der Waals surface area (Å²) in [6, 6.07) is 5.74. The highest BCUT2D eigenvalue weighted by Gasteiger charge is 2.33. The fourth-order valence-corrected chi connectivity index (χ4v) is 2.11. The molecule has 3 heteroatoms. The molecule has 0 amide bonds. The molecule has 86 valence electrons. The zero-order chi connectivity index (χ0) is 11.9. The van der Waals surface area contributed by atoms with Crippen LogP contribution in [0, 0.1) is 0 Å². The van der Waals surface area contributed by atoms with Crippen molar-refractivity contribution in [1.29, 1.82) is 0 Å². The summed E-state index contributed by atoms with van der Waals surface area (Å²) in [7, 11) is 0. The van der Waals surface area contributed by atoms with Gasteiger partial charge in [-0.3, -0.25) is 4.79 Å². The molecule has 0 aromatic heterocycles. The van der Waals surface area contributed by atoms with E-state index in [1.165, 1.54) is 0 Å². The molecule has 1 N–H and O–H groups in total. The number of carboxylic acid groups (broad SMARTS) is 1. The molecular weight excluding hydrogens is 204 g/mol. The summed E-state index contributed by atoms with van der Waals surface area (Å²) >= 11 is 0. The average molecular weight is 220 g/mol. The highest BCUT2D eigenvalue weighted by molar-refractivity contribution is 5.77. The number of para-hydroxylation sites is 1. The van der Waals surface area contributed by atoms with Gasteiger partial charge in [-0.1, -0.05) is 18.2 Å². The maximum atomic E-state index is 11.0. The van der Waals surface area contributed by atoms with Gasteiger partial charge in [0.1, 0.15) is 11.4 Å². The molecule has 1 aromatic carbocycles. The van der Waals surface area contributed by atoms with Crippen LogP contribution >= 0.6 is 0 Å². The second kappa shape index (κ2) is 3.51. The van der Waals surface area contributed by atoms with Gasteiger partial charge in [0.05, 0.1) is 5.92 Å². The van der Waals surface area contributed by atoms with E-state index in [1.54, 1.807) is 6.92 Å². The van der Waals surface area contributed by atoms with Crippen LogP contribution in [0.15, 0.2) is 18.2 Å². The lowest BCUT2D eigenvalue weighted by Crippen LogP contribution is -2.25. The highest BCUT2D eigenvalue weighted by atomic mass is 16.5. The number of fused-ring (bicyclic) bond motifs is 1. The quantitative estimate of drug-likeness (QED) is 0.833. The molecule has 1 aromatic rings. The number of hydrogen-bond donors (Lipinski definition) is 1. The molecule has 2 rings (SSSR count). The van der Waals surface area contributed by atoms with Gasteiger partial charge in [0.2, 0.25) is 0 Å². The van der Waals surface area contributed by atoms with Gasteiger partial charge in [-0.2, -0.15) is 0 Å². The standard InChI is InChI=1S/C13H16O3/c1-8(12(14)15)10-6-4-5-9-7-13(2,3)16-11(9)10/h4-6,8H,7H2,1-3H3,(H,14,15). The number of carbonyl (C=O) groups is 1. The number of rotatable bonds is 2. The van der Waals surface area contributed by atoms with Crippen LogP contribution in [0.5, 0.6) is 5.75 Å². The number of benzene rings is 1. The molecule has 1 unspecified atom stereocenters. The van der Waals surface area contributed by atoms with Crippen LogP contribution in [0.3, 0.4) is 0 Å². The van der Waals surface area contributed by atoms with Crippen molar-refractivity contribution < 1.29 is 14.6 Å². The maximum Gasteiger partial charge on any atom is 0.310 e. The van der Waals surface area contributed by atoms with Crippen LogP contribution in [0.25, 0.3) is 0 Å². The van der Waals surface area contributed by atoms with Gasteiger partial charge >= 0.3 is 5.97 Å². The molecule has 0 bridgehead atoms. The predicted molar refractivity (Wildman–Crippen MR) is 60.9 cm³/mol. The first-order valence-electron chi connectivity index (χ1n) is 5.44. The summed E-state index contributed by atoms with van der Waals surface area (Å²) in [6.45, 7) is 5.72. The molecule has 1 aliphatic heterocycles. The van der Waals surface area contributed by atoms with Gasteiger partial charge in [0.25, 0.3) is 0 Å². The first-order chi connectivity index (χ1) is 7.41. The molecule has 0 spiro atoms. The fraction of sp³-hybridized carbons (Fsp3) is 0.462. The third kappa shape index (κ3) is 1.77. The Hall–Kier alpha value is -1.51. The molecule has 0 radical (unpaired) electrons. The first-order valence-corrected chi connectivity index (χ1v) is 5.44. The van der Waals surface area contributed by atoms with Gasteiger partial charge in [-0.05, 0) is 26.3 Å². The van der Waals surface area contributed by atoms with Gasteiger partial charge < -0.3 is 9.84 Å². The Labute approximate surface area is 95.0 Å². The molecule has 0 saturated heterocycles. The van der Waals surface area contributed by atoms with Crippen LogP contribution in [0.2, 0.25) is 0 Å². The predicted octanol–water partition coefficient (Wildman–Crippen LogP) is 2.59. The van der Waals surface area contributed by atoms with Crippen LogP contribution in [-0.4, -0.2) is 16.7 Å². The minimum atomic E-state index is -0.818. The largest absolute Gasteiger partial charge is 0.487 e. The van der Waals surface area contributed by atoms with Crippen molar-refractivity contribution in [3.63, 3.8) is 0 Å². The van der Waals surface area contributed by atoms with Crippen molar-refractivity contribution in [2.24, 2.45) is 0 Å². The molecule has 3 nitrogen and oxygen atoms in total. The van der Waals surface area contributed by atoms with Crippen LogP contribution in [-0.2, 0) is 11.2 Å². The molecule has 0 saturated carbocycles. The van der Waals surface area contributed by atoms with Crippen molar-refractivity contribution in [3.05, 3.63) is 29.3 Å². The minimum absolute atomic E-state index is 0.226. The number of carboxylic acids is 1. The summed E-state index contributed by atoms with van der Waals surface area (Å²) in [4.78, 5) is 11.0. The van der Waals surface area contributed by atoms with E-state index in [2.05, 4.69) is 0 Å². The van der Waals surface area contributed by atoms with Crippen LogP contribution in [0.4, 0.5) is 0 Å². The smallest absolute Gasteiger partial charge is 0.310 e. The lowest BCUT2D eigenvalue weighted by Gasteiger charge is -2.19. The highest BCUT2D eigenvalue weighted by Crippen LogP contribution is 2.40. The van der Waals surface area contributed by atoms with Crippen molar-refractivity contribution >= 4 is 5.97 Å². The molecular formula is C13H16O3.